The second-order valence-corrected chi connectivity index (χ2v) is 7.83. The van der Waals surface area contributed by atoms with Crippen molar-refractivity contribution in [2.24, 2.45) is 29.6 Å². The van der Waals surface area contributed by atoms with E-state index in [1.807, 2.05) is 13.8 Å². The van der Waals surface area contributed by atoms with Gasteiger partial charge in [0.05, 0.1) is 0 Å². The second kappa shape index (κ2) is 8.89. The summed E-state index contributed by atoms with van der Waals surface area (Å²) >= 11 is 0. The van der Waals surface area contributed by atoms with Crippen molar-refractivity contribution in [2.75, 3.05) is 0 Å². The summed E-state index contributed by atoms with van der Waals surface area (Å²) in [4.78, 5) is 0. The number of benzene rings is 1. The van der Waals surface area contributed by atoms with Crippen molar-refractivity contribution in [1.82, 2.24) is 0 Å². The zero-order valence-electron chi connectivity index (χ0n) is 17.6. The summed E-state index contributed by atoms with van der Waals surface area (Å²) in [7, 11) is 0. The quantitative estimate of drug-likeness (QED) is 0.462. The van der Waals surface area contributed by atoms with Crippen LogP contribution in [0.15, 0.2) is 49.6 Å². The highest BCUT2D eigenvalue weighted by Gasteiger charge is 2.79. The van der Waals surface area contributed by atoms with Crippen molar-refractivity contribution in [3.8, 4) is 0 Å². The van der Waals surface area contributed by atoms with E-state index in [1.165, 1.54) is 46.9 Å². The van der Waals surface area contributed by atoms with Gasteiger partial charge in [-0.05, 0) is 91.4 Å². The Morgan fingerprint density at radius 2 is 1.81 bits per heavy atom. The van der Waals surface area contributed by atoms with Crippen molar-refractivity contribution in [3.05, 3.63) is 66.3 Å². The van der Waals surface area contributed by atoms with Gasteiger partial charge < -0.3 is 0 Å². The molecule has 1 aromatic carbocycles. The fourth-order valence-corrected chi connectivity index (χ4v) is 5.08. The van der Waals surface area contributed by atoms with E-state index in [2.05, 4.69) is 64.8 Å². The van der Waals surface area contributed by atoms with Crippen LogP contribution >= 0.6 is 0 Å². The number of rotatable bonds is 6. The highest BCUT2D eigenvalue weighted by atomic mass is 14.8. The van der Waals surface area contributed by atoms with Crippen molar-refractivity contribution in [1.29, 1.82) is 0 Å². The maximum absolute atomic E-state index is 4.16. The predicted molar refractivity (Wildman–Crippen MR) is 117 cm³/mol. The zero-order chi connectivity index (χ0) is 19.4. The minimum Gasteiger partial charge on any atom is -0.106 e. The molecule has 0 spiro atoms. The molecule has 3 atom stereocenters. The van der Waals surface area contributed by atoms with E-state index >= 15 is 0 Å². The standard InChI is InChI=1S/C22H28.C2H6.C2H4/c1-5-13(3)9-16-7-8-17(10-14(16)4)15(6-2)11-18-12-19-21-20(18)22(19)21;2*1-2/h6-8,10,18-22H,3,5,9,11-12H2,1-2,4H3;1-2H3;1-2H2/b15-6+;;. The summed E-state index contributed by atoms with van der Waals surface area (Å²) in [5.41, 5.74) is 7.22. The van der Waals surface area contributed by atoms with Gasteiger partial charge in [0, 0.05) is 0 Å². The zero-order valence-corrected chi connectivity index (χ0v) is 17.6. The van der Waals surface area contributed by atoms with Crippen LogP contribution in [0.2, 0.25) is 0 Å². The van der Waals surface area contributed by atoms with Gasteiger partial charge in [-0.3, -0.25) is 0 Å². The number of allylic oxidation sites excluding steroid dienone is 3. The first-order valence-electron chi connectivity index (χ1n) is 10.6. The molecule has 1 aromatic rings. The first-order valence-corrected chi connectivity index (χ1v) is 10.6. The van der Waals surface area contributed by atoms with Crippen LogP contribution in [0, 0.1) is 36.5 Å². The van der Waals surface area contributed by atoms with Crippen molar-refractivity contribution >= 4 is 5.57 Å². The van der Waals surface area contributed by atoms with E-state index in [9.17, 15) is 0 Å². The molecule has 0 nitrogen and oxygen atoms in total. The highest BCUT2D eigenvalue weighted by molar-refractivity contribution is 5.67. The monoisotopic (exact) mass is 350 g/mol. The summed E-state index contributed by atoms with van der Waals surface area (Å²) in [5.74, 6) is 5.61. The summed E-state index contributed by atoms with van der Waals surface area (Å²) in [6.45, 7) is 20.8. The minimum absolute atomic E-state index is 0.992. The summed E-state index contributed by atoms with van der Waals surface area (Å²) in [5, 5.41) is 0. The summed E-state index contributed by atoms with van der Waals surface area (Å²) < 4.78 is 0. The molecule has 4 aliphatic carbocycles. The molecule has 4 aliphatic rings. The largest absolute Gasteiger partial charge is 0.106 e. The molecular formula is C26H38. The van der Waals surface area contributed by atoms with Crippen molar-refractivity contribution in [3.63, 3.8) is 0 Å². The Bertz CT molecular complexity index is 646. The van der Waals surface area contributed by atoms with Gasteiger partial charge in [0.1, 0.15) is 0 Å². The van der Waals surface area contributed by atoms with Gasteiger partial charge >= 0.3 is 0 Å². The third kappa shape index (κ3) is 3.90. The van der Waals surface area contributed by atoms with Crippen LogP contribution in [0.25, 0.3) is 5.57 Å². The van der Waals surface area contributed by atoms with Gasteiger partial charge in [-0.15, -0.1) is 13.2 Å². The molecule has 0 aliphatic heterocycles. The first kappa shape index (κ1) is 20.7. The molecule has 2 bridgehead atoms. The molecule has 4 saturated carbocycles. The van der Waals surface area contributed by atoms with E-state index in [0.29, 0.717) is 0 Å². The van der Waals surface area contributed by atoms with Gasteiger partial charge in [-0.1, -0.05) is 57.2 Å². The number of hydrogen-bond acceptors (Lipinski definition) is 0. The number of hydrogen-bond donors (Lipinski definition) is 0. The topological polar surface area (TPSA) is 0 Å². The molecule has 142 valence electrons. The smallest absolute Gasteiger partial charge is 0.00673 e. The van der Waals surface area contributed by atoms with E-state index < -0.39 is 0 Å². The van der Waals surface area contributed by atoms with Crippen LogP contribution in [0.4, 0.5) is 0 Å². The average Bonchev–Trinajstić information content (AvgIpc) is 3.51. The van der Waals surface area contributed by atoms with Gasteiger partial charge in [0.2, 0.25) is 0 Å². The van der Waals surface area contributed by atoms with Crippen LogP contribution in [-0.4, -0.2) is 0 Å². The SMILES string of the molecule is C=C.C=C(CC)Cc1ccc(/C(=C/C)CC2CC3C4C2C34)cc1C.CC. The Morgan fingerprint density at radius 3 is 2.27 bits per heavy atom. The van der Waals surface area contributed by atoms with E-state index in [-0.39, 0.29) is 0 Å². The Morgan fingerprint density at radius 1 is 1.15 bits per heavy atom. The van der Waals surface area contributed by atoms with Crippen LogP contribution in [0.1, 0.15) is 63.6 Å². The third-order valence-electron chi connectivity index (χ3n) is 6.64. The normalized spacial score (nSPS) is 29.6. The molecule has 0 saturated heterocycles. The average molecular weight is 351 g/mol. The van der Waals surface area contributed by atoms with Crippen molar-refractivity contribution in [2.45, 2.75) is 60.3 Å². The molecule has 26 heavy (non-hydrogen) atoms. The molecule has 3 unspecified atom stereocenters. The van der Waals surface area contributed by atoms with Crippen LogP contribution < -0.4 is 0 Å². The fourth-order valence-electron chi connectivity index (χ4n) is 5.08. The van der Waals surface area contributed by atoms with Crippen LogP contribution in [-0.2, 0) is 6.42 Å². The molecule has 0 radical (unpaired) electrons. The van der Waals surface area contributed by atoms with Crippen LogP contribution in [0.5, 0.6) is 0 Å². The molecule has 0 aromatic heterocycles. The second-order valence-electron chi connectivity index (χ2n) is 7.83. The molecule has 0 heterocycles. The number of aryl methyl sites for hydroxylation is 1. The Balaban J connectivity index is 0.000000570. The lowest BCUT2D eigenvalue weighted by Gasteiger charge is -2.15. The lowest BCUT2D eigenvalue weighted by molar-refractivity contribution is 0.515. The number of fused-ring (bicyclic) bond motifs is 1. The minimum atomic E-state index is 0.992. The Hall–Kier alpha value is -1.56. The van der Waals surface area contributed by atoms with E-state index in [4.69, 9.17) is 0 Å². The Kier molecular flexibility index (Phi) is 7.09. The molecular weight excluding hydrogens is 312 g/mol. The molecule has 0 amide bonds. The first-order chi connectivity index (χ1) is 12.6. The van der Waals surface area contributed by atoms with Gasteiger partial charge in [0.15, 0.2) is 0 Å². The third-order valence-corrected chi connectivity index (χ3v) is 6.64. The molecule has 4 fully saturated rings. The summed E-state index contributed by atoms with van der Waals surface area (Å²) in [6.07, 6.45) is 7.29. The lowest BCUT2D eigenvalue weighted by atomic mass is 9.90. The predicted octanol–water partition coefficient (Wildman–Crippen LogP) is 7.64. The highest BCUT2D eigenvalue weighted by Crippen LogP contribution is 2.84. The van der Waals surface area contributed by atoms with E-state index in [1.54, 1.807) is 5.57 Å². The maximum Gasteiger partial charge on any atom is -0.00673 e. The van der Waals surface area contributed by atoms with Crippen molar-refractivity contribution < 1.29 is 0 Å². The van der Waals surface area contributed by atoms with E-state index in [0.717, 1.165) is 30.6 Å². The van der Waals surface area contributed by atoms with Crippen LogP contribution in [0.3, 0.4) is 0 Å². The lowest BCUT2D eigenvalue weighted by Crippen LogP contribution is -2.00. The molecule has 5 rings (SSSR count). The summed E-state index contributed by atoms with van der Waals surface area (Å²) in [6, 6.07) is 7.07. The molecule has 0 N–H and O–H groups in total. The van der Waals surface area contributed by atoms with Gasteiger partial charge in [-0.25, -0.2) is 0 Å². The maximum atomic E-state index is 4.16. The fraction of sp³-hybridized carbons (Fsp3) is 0.538. The molecule has 0 heteroatoms. The Labute approximate surface area is 162 Å². The van der Waals surface area contributed by atoms with Gasteiger partial charge in [-0.2, -0.15) is 0 Å². The van der Waals surface area contributed by atoms with Gasteiger partial charge in [0.25, 0.3) is 0 Å².